The Morgan fingerprint density at radius 2 is 1.61 bits per heavy atom. The van der Waals surface area contributed by atoms with Crippen molar-refractivity contribution < 1.29 is 19.0 Å². The monoisotopic (exact) mass is 394 g/mol. The average molecular weight is 395 g/mol. The van der Waals surface area contributed by atoms with Crippen LogP contribution in [0.1, 0.15) is 97.8 Å². The van der Waals surface area contributed by atoms with Gasteiger partial charge in [0.05, 0.1) is 18.6 Å². The third-order valence-corrected chi connectivity index (χ3v) is 7.41. The van der Waals surface area contributed by atoms with E-state index in [1.807, 2.05) is 0 Å². The molecule has 4 heteroatoms. The highest BCUT2D eigenvalue weighted by Gasteiger charge is 2.37. The molecule has 1 unspecified atom stereocenters. The lowest BCUT2D eigenvalue weighted by Gasteiger charge is -2.40. The molecule has 2 saturated carbocycles. The molecule has 0 spiro atoms. The van der Waals surface area contributed by atoms with E-state index in [1.54, 1.807) is 0 Å². The predicted octanol–water partition coefficient (Wildman–Crippen LogP) is 5.87. The van der Waals surface area contributed by atoms with Crippen molar-refractivity contribution >= 4 is 5.97 Å². The van der Waals surface area contributed by atoms with Crippen molar-refractivity contribution in [1.82, 2.24) is 0 Å². The van der Waals surface area contributed by atoms with Crippen LogP contribution in [0, 0.1) is 23.7 Å². The van der Waals surface area contributed by atoms with Crippen LogP contribution < -0.4 is 0 Å². The number of hydrogen-bond donors (Lipinski definition) is 0. The van der Waals surface area contributed by atoms with Crippen molar-refractivity contribution in [3.8, 4) is 0 Å². The zero-order valence-corrected chi connectivity index (χ0v) is 18.4. The Bertz CT molecular complexity index is 463. The first kappa shape index (κ1) is 22.1. The quantitative estimate of drug-likeness (QED) is 0.506. The smallest absolute Gasteiger partial charge is 0.309 e. The van der Waals surface area contributed by atoms with Crippen molar-refractivity contribution in [1.29, 1.82) is 0 Å². The molecule has 0 bridgehead atoms. The van der Waals surface area contributed by atoms with Crippen LogP contribution >= 0.6 is 0 Å². The Hall–Kier alpha value is -0.610. The lowest BCUT2D eigenvalue weighted by Crippen LogP contribution is -2.43. The molecule has 0 aromatic heterocycles. The van der Waals surface area contributed by atoms with Crippen LogP contribution in [0.25, 0.3) is 0 Å². The first-order valence-corrected chi connectivity index (χ1v) is 12.1. The van der Waals surface area contributed by atoms with Gasteiger partial charge in [0.15, 0.2) is 6.29 Å². The third-order valence-electron chi connectivity index (χ3n) is 7.41. The normalized spacial score (nSPS) is 39.5. The Balaban J connectivity index is 1.36. The number of carbonyl (C=O) groups excluding carboxylic acids is 1. The van der Waals surface area contributed by atoms with Crippen molar-refractivity contribution in [3.05, 3.63) is 0 Å². The molecule has 162 valence electrons. The number of rotatable bonds is 7. The summed E-state index contributed by atoms with van der Waals surface area (Å²) in [6.45, 7) is 7.49. The number of hydrogen-bond acceptors (Lipinski definition) is 4. The van der Waals surface area contributed by atoms with E-state index < -0.39 is 0 Å². The molecule has 4 nitrogen and oxygen atoms in total. The molecule has 0 amide bonds. The van der Waals surface area contributed by atoms with E-state index in [-0.39, 0.29) is 30.4 Å². The molecule has 3 atom stereocenters. The van der Waals surface area contributed by atoms with E-state index in [0.29, 0.717) is 11.8 Å². The first-order valence-electron chi connectivity index (χ1n) is 12.1. The molecule has 1 aliphatic heterocycles. The van der Waals surface area contributed by atoms with E-state index in [1.165, 1.54) is 38.5 Å². The van der Waals surface area contributed by atoms with Crippen molar-refractivity contribution in [2.75, 3.05) is 6.61 Å². The molecular formula is C24H42O4. The van der Waals surface area contributed by atoms with Gasteiger partial charge in [-0.1, -0.05) is 33.1 Å². The number of carbonyl (C=O) groups is 1. The molecule has 0 N–H and O–H groups in total. The van der Waals surface area contributed by atoms with Gasteiger partial charge in [-0.25, -0.2) is 0 Å². The van der Waals surface area contributed by atoms with Crippen LogP contribution in [0.4, 0.5) is 0 Å². The predicted molar refractivity (Wildman–Crippen MR) is 111 cm³/mol. The van der Waals surface area contributed by atoms with E-state index >= 15 is 0 Å². The third kappa shape index (κ3) is 5.95. The van der Waals surface area contributed by atoms with Gasteiger partial charge in [-0.15, -0.1) is 0 Å². The van der Waals surface area contributed by atoms with Gasteiger partial charge in [-0.3, -0.25) is 4.79 Å². The molecule has 0 aromatic rings. The second-order valence-corrected chi connectivity index (χ2v) is 9.57. The minimum absolute atomic E-state index is 0.0549. The molecule has 0 aromatic carbocycles. The maximum Gasteiger partial charge on any atom is 0.309 e. The number of esters is 1. The highest BCUT2D eigenvalue weighted by Crippen LogP contribution is 2.37. The zero-order chi connectivity index (χ0) is 19.9. The van der Waals surface area contributed by atoms with Gasteiger partial charge < -0.3 is 14.2 Å². The van der Waals surface area contributed by atoms with Gasteiger partial charge in [0.25, 0.3) is 0 Å². The minimum Gasteiger partial charge on any atom is -0.462 e. The summed E-state index contributed by atoms with van der Waals surface area (Å²) in [5.74, 6) is 1.95. The Morgan fingerprint density at radius 3 is 2.21 bits per heavy atom. The van der Waals surface area contributed by atoms with Crippen LogP contribution in [0.5, 0.6) is 0 Å². The Morgan fingerprint density at radius 1 is 0.929 bits per heavy atom. The summed E-state index contributed by atoms with van der Waals surface area (Å²) in [6.07, 6.45) is 13.8. The van der Waals surface area contributed by atoms with Crippen molar-refractivity contribution in [2.45, 2.75) is 116 Å². The van der Waals surface area contributed by atoms with Gasteiger partial charge in [0, 0.05) is 11.8 Å². The summed E-state index contributed by atoms with van der Waals surface area (Å²) in [7, 11) is 0. The van der Waals surface area contributed by atoms with Crippen LogP contribution in [0.2, 0.25) is 0 Å². The molecule has 1 heterocycles. The topological polar surface area (TPSA) is 44.8 Å². The molecule has 28 heavy (non-hydrogen) atoms. The highest BCUT2D eigenvalue weighted by atomic mass is 16.7. The fourth-order valence-corrected chi connectivity index (χ4v) is 5.49. The van der Waals surface area contributed by atoms with Crippen LogP contribution in [-0.4, -0.2) is 31.1 Å². The standard InChI is InChI=1S/C24H42O4/c1-4-6-18-8-14-22(15-9-18)28-23(25)19-10-12-20(13-11-19)24-26-16-21(7-5-2)17(3)27-24/h17-22,24H,4-16H2,1-3H3/t17-,18?,19?,20?,21?,22?,24-/m0/s1. The van der Waals surface area contributed by atoms with Gasteiger partial charge in [0.1, 0.15) is 6.10 Å². The summed E-state index contributed by atoms with van der Waals surface area (Å²) >= 11 is 0. The Kier molecular flexibility index (Phi) is 8.65. The lowest BCUT2D eigenvalue weighted by atomic mass is 9.81. The van der Waals surface area contributed by atoms with Gasteiger partial charge in [-0.2, -0.15) is 0 Å². The van der Waals surface area contributed by atoms with Crippen LogP contribution in [0.3, 0.4) is 0 Å². The summed E-state index contributed by atoms with van der Waals surface area (Å²) in [6, 6.07) is 0. The molecule has 3 aliphatic rings. The largest absolute Gasteiger partial charge is 0.462 e. The Labute approximate surface area is 172 Å². The van der Waals surface area contributed by atoms with Crippen LogP contribution in [0.15, 0.2) is 0 Å². The van der Waals surface area contributed by atoms with Gasteiger partial charge >= 0.3 is 5.97 Å². The second kappa shape index (κ2) is 11.0. The van der Waals surface area contributed by atoms with Gasteiger partial charge in [0.2, 0.25) is 0 Å². The molecule has 2 aliphatic carbocycles. The maximum atomic E-state index is 12.6. The summed E-state index contributed by atoms with van der Waals surface area (Å²) in [5.41, 5.74) is 0. The summed E-state index contributed by atoms with van der Waals surface area (Å²) < 4.78 is 18.2. The first-order chi connectivity index (χ1) is 13.6. The van der Waals surface area contributed by atoms with E-state index in [0.717, 1.165) is 51.0 Å². The summed E-state index contributed by atoms with van der Waals surface area (Å²) in [5, 5.41) is 0. The average Bonchev–Trinajstić information content (AvgIpc) is 2.71. The summed E-state index contributed by atoms with van der Waals surface area (Å²) in [4.78, 5) is 12.6. The molecule has 1 saturated heterocycles. The second-order valence-electron chi connectivity index (χ2n) is 9.57. The van der Waals surface area contributed by atoms with Crippen LogP contribution in [-0.2, 0) is 19.0 Å². The number of ether oxygens (including phenoxy) is 3. The van der Waals surface area contributed by atoms with Crippen molar-refractivity contribution in [3.63, 3.8) is 0 Å². The minimum atomic E-state index is -0.0751. The van der Waals surface area contributed by atoms with E-state index in [9.17, 15) is 4.79 Å². The molecule has 0 radical (unpaired) electrons. The highest BCUT2D eigenvalue weighted by molar-refractivity contribution is 5.72. The van der Waals surface area contributed by atoms with E-state index in [2.05, 4.69) is 20.8 Å². The van der Waals surface area contributed by atoms with Gasteiger partial charge in [-0.05, 0) is 70.6 Å². The molecule has 3 fully saturated rings. The maximum absolute atomic E-state index is 12.6. The SMILES string of the molecule is CCCC1CCC(OC(=O)C2CCC([C@H]3OCC(CCC)[C@H](C)O3)CC2)CC1. The molecule has 3 rings (SSSR count). The van der Waals surface area contributed by atoms with Crippen molar-refractivity contribution in [2.24, 2.45) is 23.7 Å². The zero-order valence-electron chi connectivity index (χ0n) is 18.4. The fourth-order valence-electron chi connectivity index (χ4n) is 5.49. The van der Waals surface area contributed by atoms with E-state index in [4.69, 9.17) is 14.2 Å². The lowest BCUT2D eigenvalue weighted by molar-refractivity contribution is -0.257. The fraction of sp³-hybridized carbons (Fsp3) is 0.958. The molecular weight excluding hydrogens is 352 g/mol.